The van der Waals surface area contributed by atoms with Crippen molar-refractivity contribution >= 4 is 116 Å². The van der Waals surface area contributed by atoms with Crippen molar-refractivity contribution in [1.29, 1.82) is 0 Å². The summed E-state index contributed by atoms with van der Waals surface area (Å²) in [5.41, 5.74) is -0.537. The predicted molar refractivity (Wildman–Crippen MR) is 173 cm³/mol. The number of carbonyl (C=O) groups excluding carboxylic acids is 5. The van der Waals surface area contributed by atoms with Crippen LogP contribution in [0.1, 0.15) is 30.4 Å². The van der Waals surface area contributed by atoms with E-state index >= 15 is 0 Å². The molecule has 2 bridgehead atoms. The van der Waals surface area contributed by atoms with Crippen molar-refractivity contribution in [3.8, 4) is 5.75 Å². The molecule has 6 rings (SSSR count). The number of allylic oxidation sites excluding steroid dienone is 2. The largest absolute Gasteiger partial charge is 0.422 e. The first kappa shape index (κ1) is 33.7. The Morgan fingerprint density at radius 3 is 1.89 bits per heavy atom. The quantitative estimate of drug-likeness (QED) is 0.0476. The zero-order valence-corrected chi connectivity index (χ0v) is 28.3. The Labute approximate surface area is 298 Å². The summed E-state index contributed by atoms with van der Waals surface area (Å²) in [4.78, 5) is 74.3. The van der Waals surface area contributed by atoms with E-state index in [-0.39, 0.29) is 32.6 Å². The highest BCUT2D eigenvalue weighted by Gasteiger charge is 2.88. The Bertz CT molecular complexity index is 1870. The van der Waals surface area contributed by atoms with Crippen LogP contribution in [0.15, 0.2) is 76.1 Å². The number of Topliss-reactive ketones (excluding diaryl/α,β-unsaturated/α-hetero) is 1. The van der Waals surface area contributed by atoms with Gasteiger partial charge < -0.3 is 4.74 Å². The number of non-ortho nitro benzene ring substituents is 1. The van der Waals surface area contributed by atoms with Crippen LogP contribution in [0.4, 0.5) is 5.69 Å². The van der Waals surface area contributed by atoms with Gasteiger partial charge >= 0.3 is 5.97 Å². The second-order valence-corrected chi connectivity index (χ2v) is 14.8. The number of carbonyl (C=O) groups is 5. The molecule has 18 heteroatoms. The highest BCUT2D eigenvalue weighted by molar-refractivity contribution is 7.12. The van der Waals surface area contributed by atoms with Gasteiger partial charge in [-0.15, -0.1) is 34.5 Å². The molecule has 1 aliphatic heterocycles. The van der Waals surface area contributed by atoms with Gasteiger partial charge in [-0.1, -0.05) is 52.5 Å². The Balaban J connectivity index is 1.34. The number of nitro groups is 1. The zero-order valence-electron chi connectivity index (χ0n) is 23.0. The van der Waals surface area contributed by atoms with Crippen LogP contribution in [0.5, 0.6) is 5.75 Å². The summed E-state index contributed by atoms with van der Waals surface area (Å²) in [6.07, 6.45) is 0. The van der Waals surface area contributed by atoms with Crippen molar-refractivity contribution in [2.75, 3.05) is 6.54 Å². The van der Waals surface area contributed by atoms with Gasteiger partial charge in [0.1, 0.15) is 26.9 Å². The minimum absolute atomic E-state index is 0.0118. The van der Waals surface area contributed by atoms with Gasteiger partial charge in [-0.25, -0.2) is 9.80 Å². The second-order valence-electron chi connectivity index (χ2n) is 10.6. The molecule has 2 heterocycles. The number of hydrogen-bond donors (Lipinski definition) is 0. The standard InChI is InChI=1S/C29H15Cl6N3O8S/c30-21-22(31)28(33)20-19(27(21,32)29(28,34)35)24(41)37(25(20)42)36(23(40)14-3-7-15(8-4-14)38(44)45)12-17(39)13-5-9-16(10-6-13)46-26(43)18-2-1-11-47-18/h1-11,19-20H,12H2/t19-,20-,27-,28-/m1/s1. The monoisotopic (exact) mass is 775 g/mol. The fraction of sp³-hybridized carbons (Fsp3) is 0.207. The van der Waals surface area contributed by atoms with E-state index in [0.717, 1.165) is 24.3 Å². The lowest BCUT2D eigenvalue weighted by atomic mass is 9.84. The van der Waals surface area contributed by atoms with Crippen LogP contribution in [-0.2, 0) is 9.59 Å². The molecule has 4 atom stereocenters. The van der Waals surface area contributed by atoms with E-state index in [1.807, 2.05) is 0 Å². The number of benzene rings is 2. The molecule has 3 amide bonds. The van der Waals surface area contributed by atoms with E-state index in [0.29, 0.717) is 14.9 Å². The third kappa shape index (κ3) is 4.79. The van der Waals surface area contributed by atoms with E-state index in [1.165, 1.54) is 35.6 Å². The fourth-order valence-corrected chi connectivity index (χ4v) is 9.34. The van der Waals surface area contributed by atoms with E-state index in [4.69, 9.17) is 74.3 Å². The third-order valence-electron chi connectivity index (χ3n) is 8.09. The van der Waals surface area contributed by atoms with Gasteiger partial charge in [-0.05, 0) is 47.8 Å². The molecule has 2 aliphatic carbocycles. The van der Waals surface area contributed by atoms with Gasteiger partial charge in [-0.3, -0.25) is 29.3 Å². The number of esters is 1. The summed E-state index contributed by atoms with van der Waals surface area (Å²) < 4.78 is 3.07. The van der Waals surface area contributed by atoms with E-state index < -0.39 is 66.9 Å². The Hall–Kier alpha value is -3.23. The normalized spacial score (nSPS) is 25.6. The molecule has 242 valence electrons. The van der Waals surface area contributed by atoms with Gasteiger partial charge in [0.05, 0.1) is 26.8 Å². The predicted octanol–water partition coefficient (Wildman–Crippen LogP) is 6.56. The van der Waals surface area contributed by atoms with Gasteiger partial charge in [0.15, 0.2) is 10.1 Å². The lowest BCUT2D eigenvalue weighted by molar-refractivity contribution is -0.384. The molecule has 11 nitrogen and oxygen atoms in total. The van der Waals surface area contributed by atoms with Crippen LogP contribution in [0.2, 0.25) is 0 Å². The van der Waals surface area contributed by atoms with Crippen molar-refractivity contribution < 1.29 is 33.6 Å². The van der Waals surface area contributed by atoms with Crippen molar-refractivity contribution in [2.45, 2.75) is 14.1 Å². The minimum atomic E-state index is -2.23. The van der Waals surface area contributed by atoms with Gasteiger partial charge in [-0.2, -0.15) is 5.01 Å². The number of hydrazine groups is 1. The molecule has 0 unspecified atom stereocenters. The smallest absolute Gasteiger partial charge is 0.353 e. The van der Waals surface area contributed by atoms with Crippen molar-refractivity contribution in [3.05, 3.63) is 102 Å². The molecule has 3 aliphatic rings. The SMILES string of the molecule is O=C(CN(C(=O)c1ccc([N+](=O)[O-])cc1)N1C(=O)[C@H]2[C@H](C1=O)[C@@]1(Cl)C(Cl)=C(Cl)[C@@]2(Cl)C1(Cl)Cl)c1ccc(OC(=O)c2cccs2)cc1. The van der Waals surface area contributed by atoms with Gasteiger partial charge in [0.25, 0.3) is 23.4 Å². The van der Waals surface area contributed by atoms with Crippen molar-refractivity contribution in [2.24, 2.45) is 11.8 Å². The van der Waals surface area contributed by atoms with E-state index in [2.05, 4.69) is 0 Å². The Morgan fingerprint density at radius 2 is 1.40 bits per heavy atom. The highest BCUT2D eigenvalue weighted by atomic mass is 35.5. The first-order valence-corrected chi connectivity index (χ1v) is 16.4. The lowest BCUT2D eigenvalue weighted by Gasteiger charge is -2.36. The molecular formula is C29H15Cl6N3O8S. The third-order valence-corrected chi connectivity index (χ3v) is 13.2. The molecule has 1 saturated heterocycles. The summed E-state index contributed by atoms with van der Waals surface area (Å²) in [6.45, 7) is -0.882. The summed E-state index contributed by atoms with van der Waals surface area (Å²) in [5, 5.41) is 13.2. The van der Waals surface area contributed by atoms with Crippen LogP contribution in [0, 0.1) is 22.0 Å². The van der Waals surface area contributed by atoms with E-state index in [9.17, 15) is 34.1 Å². The molecule has 0 N–H and O–H groups in total. The van der Waals surface area contributed by atoms with Crippen LogP contribution in [-0.4, -0.2) is 65.0 Å². The number of amides is 3. The van der Waals surface area contributed by atoms with Crippen molar-refractivity contribution in [1.82, 2.24) is 10.0 Å². The Kier molecular flexibility index (Phi) is 8.40. The number of ether oxygens (including phenoxy) is 1. The lowest BCUT2D eigenvalue weighted by Crippen LogP contribution is -2.56. The molecule has 47 heavy (non-hydrogen) atoms. The molecule has 2 fully saturated rings. The van der Waals surface area contributed by atoms with Crippen LogP contribution >= 0.6 is 80.9 Å². The summed E-state index contributed by atoms with van der Waals surface area (Å²) in [6, 6.07) is 12.8. The van der Waals surface area contributed by atoms with Gasteiger partial charge in [0, 0.05) is 23.3 Å². The minimum Gasteiger partial charge on any atom is -0.422 e. The number of nitrogens with zero attached hydrogens (tertiary/aromatic N) is 3. The zero-order chi connectivity index (χ0) is 34.2. The maximum absolute atomic E-state index is 14.0. The molecular weight excluding hydrogens is 763 g/mol. The number of nitro benzene ring substituents is 1. The topological polar surface area (TPSA) is 144 Å². The first-order chi connectivity index (χ1) is 22.1. The maximum Gasteiger partial charge on any atom is 0.353 e. The number of imide groups is 1. The molecule has 1 saturated carbocycles. The summed E-state index contributed by atoms with van der Waals surface area (Å²) >= 11 is 40.6. The number of halogens is 6. The average Bonchev–Trinajstić information content (AvgIpc) is 3.73. The number of ketones is 1. The highest BCUT2D eigenvalue weighted by Crippen LogP contribution is 2.77. The number of hydrogen-bond acceptors (Lipinski definition) is 9. The summed E-state index contributed by atoms with van der Waals surface area (Å²) in [7, 11) is 0. The molecule has 0 radical (unpaired) electrons. The number of thiophene rings is 1. The molecule has 0 spiro atoms. The number of fused-ring (bicyclic) bond motifs is 5. The number of alkyl halides is 4. The fourth-order valence-electron chi connectivity index (χ4n) is 5.81. The summed E-state index contributed by atoms with van der Waals surface area (Å²) in [5.74, 6) is -7.67. The first-order valence-electron chi connectivity index (χ1n) is 13.2. The maximum atomic E-state index is 14.0. The molecule has 3 aromatic rings. The van der Waals surface area contributed by atoms with Gasteiger partial charge in [0.2, 0.25) is 0 Å². The van der Waals surface area contributed by atoms with E-state index in [1.54, 1.807) is 17.5 Å². The van der Waals surface area contributed by atoms with Crippen LogP contribution < -0.4 is 4.74 Å². The second kappa shape index (κ2) is 11.7. The average molecular weight is 778 g/mol. The van der Waals surface area contributed by atoms with Crippen molar-refractivity contribution in [3.63, 3.8) is 0 Å². The molecule has 1 aromatic heterocycles. The number of rotatable bonds is 8. The van der Waals surface area contributed by atoms with Crippen LogP contribution in [0.3, 0.4) is 0 Å². The van der Waals surface area contributed by atoms with Crippen LogP contribution in [0.25, 0.3) is 0 Å². The Morgan fingerprint density at radius 1 is 0.872 bits per heavy atom. The molecule has 2 aromatic carbocycles.